The second-order valence-electron chi connectivity index (χ2n) is 8.69. The van der Waals surface area contributed by atoms with Gasteiger partial charge in [0.25, 0.3) is 10.0 Å². The zero-order chi connectivity index (χ0) is 26.8. The molecule has 3 aromatic rings. The van der Waals surface area contributed by atoms with Crippen molar-refractivity contribution in [1.82, 2.24) is 4.90 Å². The first-order valence-electron chi connectivity index (χ1n) is 11.5. The van der Waals surface area contributed by atoms with Crippen LogP contribution < -0.4 is 9.21 Å². The zero-order valence-electron chi connectivity index (χ0n) is 20.0. The molecule has 0 radical (unpaired) electrons. The van der Waals surface area contributed by atoms with Gasteiger partial charge in [-0.15, -0.1) is 0 Å². The molecule has 0 atom stereocenters. The van der Waals surface area contributed by atoms with E-state index in [1.165, 1.54) is 29.2 Å². The molecule has 0 bridgehead atoms. The van der Waals surface area contributed by atoms with Crippen molar-refractivity contribution in [3.05, 3.63) is 89.7 Å². The normalized spacial score (nSPS) is 14.5. The number of nitrogens with zero attached hydrogens (tertiary/aromatic N) is 3. The van der Waals surface area contributed by atoms with Crippen molar-refractivity contribution in [3.8, 4) is 0 Å². The number of benzene rings is 3. The molecule has 37 heavy (non-hydrogen) atoms. The smallest absolute Gasteiger partial charge is 0.366 e. The highest BCUT2D eigenvalue weighted by Crippen LogP contribution is 2.33. The minimum Gasteiger partial charge on any atom is -0.366 e. The van der Waals surface area contributed by atoms with Crippen molar-refractivity contribution < 1.29 is 30.8 Å². The summed E-state index contributed by atoms with van der Waals surface area (Å²) in [7, 11) is -4.37. The van der Waals surface area contributed by atoms with Crippen LogP contribution in [-0.4, -0.2) is 51.9 Å². The molecular weight excluding hydrogens is 510 g/mol. The highest BCUT2D eigenvalue weighted by Gasteiger charge is 2.34. The quantitative estimate of drug-likeness (QED) is 0.430. The number of hydrogen-bond donors (Lipinski definition) is 0. The Morgan fingerprint density at radius 2 is 1.57 bits per heavy atom. The maximum Gasteiger partial charge on any atom is 0.416 e. The molecule has 0 unspecified atom stereocenters. The van der Waals surface area contributed by atoms with E-state index >= 15 is 0 Å². The highest BCUT2D eigenvalue weighted by atomic mass is 32.2. The minimum absolute atomic E-state index is 0.146. The number of halogens is 4. The molecule has 0 aliphatic carbocycles. The number of anilines is 2. The molecule has 1 fully saturated rings. The number of aryl methyl sites for hydroxylation is 1. The van der Waals surface area contributed by atoms with E-state index in [0.717, 1.165) is 23.8 Å². The lowest BCUT2D eigenvalue weighted by Gasteiger charge is -2.37. The third kappa shape index (κ3) is 5.87. The summed E-state index contributed by atoms with van der Waals surface area (Å²) < 4.78 is 82.0. The van der Waals surface area contributed by atoms with Crippen molar-refractivity contribution >= 4 is 27.3 Å². The Balaban J connectivity index is 1.60. The molecule has 1 saturated heterocycles. The standard InChI is InChI=1S/C26H25F4N3O3S/c1-19-9-11-22(12-10-19)37(35,36)33(21-6-4-5-20(17-21)26(28,29)30)18-25(34)32-15-13-31(14-16-32)24-8-3-2-7-23(24)27/h2-12,17H,13-16,18H2,1H3. The summed E-state index contributed by atoms with van der Waals surface area (Å²) in [5.74, 6) is -0.955. The average molecular weight is 536 g/mol. The fraction of sp³-hybridized carbons (Fsp3) is 0.269. The van der Waals surface area contributed by atoms with Crippen LogP contribution in [0.5, 0.6) is 0 Å². The number of piperazine rings is 1. The van der Waals surface area contributed by atoms with Crippen LogP contribution in [0.4, 0.5) is 28.9 Å². The fourth-order valence-corrected chi connectivity index (χ4v) is 5.52. The number of amides is 1. The van der Waals surface area contributed by atoms with E-state index in [1.54, 1.807) is 42.2 Å². The Kier molecular flexibility index (Phi) is 7.44. The van der Waals surface area contributed by atoms with Gasteiger partial charge in [0.15, 0.2) is 0 Å². The molecule has 0 N–H and O–H groups in total. The molecule has 4 rings (SSSR count). The maximum atomic E-state index is 14.1. The van der Waals surface area contributed by atoms with Crippen molar-refractivity contribution in [3.63, 3.8) is 0 Å². The van der Waals surface area contributed by atoms with Crippen LogP contribution in [0.3, 0.4) is 0 Å². The van der Waals surface area contributed by atoms with Gasteiger partial charge in [0.1, 0.15) is 12.4 Å². The SMILES string of the molecule is Cc1ccc(S(=O)(=O)N(CC(=O)N2CCN(c3ccccc3F)CC2)c2cccc(C(F)(F)F)c2)cc1. The molecule has 1 aliphatic heterocycles. The largest absolute Gasteiger partial charge is 0.416 e. The van der Waals surface area contributed by atoms with Gasteiger partial charge in [-0.3, -0.25) is 9.10 Å². The molecule has 11 heteroatoms. The van der Waals surface area contributed by atoms with E-state index in [4.69, 9.17) is 0 Å². The van der Waals surface area contributed by atoms with Crippen LogP contribution in [0, 0.1) is 12.7 Å². The van der Waals surface area contributed by atoms with Crippen LogP contribution in [0.1, 0.15) is 11.1 Å². The minimum atomic E-state index is -4.69. The zero-order valence-corrected chi connectivity index (χ0v) is 20.8. The molecule has 1 aliphatic rings. The summed E-state index contributed by atoms with van der Waals surface area (Å²) >= 11 is 0. The summed E-state index contributed by atoms with van der Waals surface area (Å²) in [6.45, 7) is 2.13. The predicted octanol–water partition coefficient (Wildman–Crippen LogP) is 4.70. The average Bonchev–Trinajstić information content (AvgIpc) is 2.87. The summed E-state index contributed by atoms with van der Waals surface area (Å²) in [5, 5.41) is 0. The fourth-order valence-electron chi connectivity index (χ4n) is 4.12. The van der Waals surface area contributed by atoms with Gasteiger partial charge < -0.3 is 9.80 Å². The van der Waals surface area contributed by atoms with E-state index in [-0.39, 0.29) is 29.5 Å². The Labute approximate surface area is 212 Å². The van der Waals surface area contributed by atoms with Crippen molar-refractivity contribution in [2.75, 3.05) is 41.9 Å². The number of para-hydroxylation sites is 1. The Hall–Kier alpha value is -3.60. The van der Waals surface area contributed by atoms with Crippen molar-refractivity contribution in [2.24, 2.45) is 0 Å². The summed E-state index contributed by atoms with van der Waals surface area (Å²) in [6, 6.07) is 16.0. The topological polar surface area (TPSA) is 60.9 Å². The number of sulfonamides is 1. The molecule has 1 heterocycles. The van der Waals surface area contributed by atoms with E-state index < -0.39 is 34.2 Å². The van der Waals surface area contributed by atoms with Gasteiger partial charge in [-0.25, -0.2) is 12.8 Å². The third-order valence-electron chi connectivity index (χ3n) is 6.17. The third-order valence-corrected chi connectivity index (χ3v) is 7.96. The predicted molar refractivity (Wildman–Crippen MR) is 132 cm³/mol. The summed E-state index contributed by atoms with van der Waals surface area (Å²) in [5.41, 5.74) is -0.0932. The molecule has 0 saturated carbocycles. The molecular formula is C26H25F4N3O3S. The van der Waals surface area contributed by atoms with Crippen LogP contribution in [0.25, 0.3) is 0 Å². The first-order valence-corrected chi connectivity index (χ1v) is 12.9. The van der Waals surface area contributed by atoms with Gasteiger partial charge >= 0.3 is 6.18 Å². The molecule has 1 amide bonds. The molecule has 6 nitrogen and oxygen atoms in total. The summed E-state index contributed by atoms with van der Waals surface area (Å²) in [6.07, 6.45) is -4.69. The van der Waals surface area contributed by atoms with Gasteiger partial charge in [-0.1, -0.05) is 35.9 Å². The lowest BCUT2D eigenvalue weighted by Crippen LogP contribution is -2.52. The van der Waals surface area contributed by atoms with Crippen molar-refractivity contribution in [1.29, 1.82) is 0 Å². The van der Waals surface area contributed by atoms with Gasteiger partial charge in [-0.2, -0.15) is 13.2 Å². The Morgan fingerprint density at radius 1 is 0.919 bits per heavy atom. The lowest BCUT2D eigenvalue weighted by molar-refractivity contribution is -0.137. The second kappa shape index (κ2) is 10.4. The second-order valence-corrected chi connectivity index (χ2v) is 10.6. The molecule has 0 spiro atoms. The van der Waals surface area contributed by atoms with Crippen LogP contribution in [-0.2, 0) is 21.0 Å². The van der Waals surface area contributed by atoms with Gasteiger partial charge in [-0.05, 0) is 49.4 Å². The highest BCUT2D eigenvalue weighted by molar-refractivity contribution is 7.92. The number of rotatable bonds is 6. The van der Waals surface area contributed by atoms with Crippen LogP contribution in [0.15, 0.2) is 77.7 Å². The molecule has 3 aromatic carbocycles. The van der Waals surface area contributed by atoms with Gasteiger partial charge in [0.2, 0.25) is 5.91 Å². The first-order chi connectivity index (χ1) is 17.5. The van der Waals surface area contributed by atoms with Gasteiger partial charge in [0, 0.05) is 26.2 Å². The number of carbonyl (C=O) groups excluding carboxylic acids is 1. The molecule has 196 valence electrons. The number of hydrogen-bond acceptors (Lipinski definition) is 4. The summed E-state index contributed by atoms with van der Waals surface area (Å²) in [4.78, 5) is 16.3. The van der Waals surface area contributed by atoms with Crippen molar-refractivity contribution in [2.45, 2.75) is 18.0 Å². The first kappa shape index (κ1) is 26.5. The van der Waals surface area contributed by atoms with E-state index in [0.29, 0.717) is 23.1 Å². The number of carbonyl (C=O) groups is 1. The maximum absolute atomic E-state index is 14.1. The van der Waals surface area contributed by atoms with E-state index in [1.807, 2.05) is 0 Å². The Morgan fingerprint density at radius 3 is 2.19 bits per heavy atom. The Bertz CT molecular complexity index is 1370. The van der Waals surface area contributed by atoms with E-state index in [9.17, 15) is 30.8 Å². The van der Waals surface area contributed by atoms with Crippen LogP contribution in [0.2, 0.25) is 0 Å². The van der Waals surface area contributed by atoms with Crippen LogP contribution >= 0.6 is 0 Å². The monoisotopic (exact) mass is 535 g/mol. The number of alkyl halides is 3. The van der Waals surface area contributed by atoms with E-state index in [2.05, 4.69) is 0 Å². The lowest BCUT2D eigenvalue weighted by atomic mass is 10.2. The van der Waals surface area contributed by atoms with Gasteiger partial charge in [0.05, 0.1) is 21.8 Å². The molecule has 0 aromatic heterocycles.